The summed E-state index contributed by atoms with van der Waals surface area (Å²) in [7, 11) is -1.91. The third-order valence-corrected chi connectivity index (χ3v) is 7.09. The van der Waals surface area contributed by atoms with Crippen molar-refractivity contribution in [1.29, 1.82) is 0 Å². The maximum atomic E-state index is 4.14. The topological polar surface area (TPSA) is 0 Å². The van der Waals surface area contributed by atoms with E-state index in [1.165, 1.54) is 34.4 Å². The van der Waals surface area contributed by atoms with Crippen molar-refractivity contribution in [2.45, 2.75) is 77.1 Å². The Hall–Kier alpha value is 0.324. The Kier molecular flexibility index (Phi) is 18.8. The average Bonchev–Trinajstić information content (AvgIpc) is 3.08. The van der Waals surface area contributed by atoms with Gasteiger partial charge < -0.3 is 24.8 Å². The van der Waals surface area contributed by atoms with Crippen LogP contribution in [0.4, 0.5) is 0 Å². The normalized spacial score (nSPS) is 14.4. The number of hydrogen-bond acceptors (Lipinski definition) is 0. The largest absolute Gasteiger partial charge is 4.00 e. The van der Waals surface area contributed by atoms with Gasteiger partial charge in [0, 0.05) is 16.1 Å². The molecule has 2 aliphatic rings. The Morgan fingerprint density at radius 2 is 1.07 bits per heavy atom. The summed E-state index contributed by atoms with van der Waals surface area (Å²) in [5, 5.41) is 0. The predicted molar refractivity (Wildman–Crippen MR) is 125 cm³/mol. The molecule has 0 N–H and O–H groups in total. The molecule has 0 saturated carbocycles. The van der Waals surface area contributed by atoms with Crippen LogP contribution in [0.5, 0.6) is 0 Å². The molecule has 0 bridgehead atoms. The standard InChI is InChI=1S/2C12H19Si.2ClH.Hf/c2*1-11(10-13(2,3)4)9-12-7-5-6-8-12;;;/h2*5,7H,1,6,9-10H2,2-4H3;2*1H;/q2*-1;;;+4/p-2. The molecule has 0 unspecified atom stereocenters. The molecule has 0 atom stereocenters. The fraction of sp³-hybridized carbons (Fsp3) is 0.500. The van der Waals surface area contributed by atoms with Gasteiger partial charge in [-0.1, -0.05) is 63.6 Å². The number of rotatable bonds is 8. The van der Waals surface area contributed by atoms with Crippen molar-refractivity contribution in [3.8, 4) is 0 Å². The zero-order chi connectivity index (χ0) is 19.8. The van der Waals surface area contributed by atoms with Gasteiger partial charge in [-0.15, -0.1) is 12.8 Å². The van der Waals surface area contributed by atoms with Crippen molar-refractivity contribution in [1.82, 2.24) is 0 Å². The number of allylic oxidation sites excluding steroid dienone is 10. The molecule has 2 aliphatic carbocycles. The van der Waals surface area contributed by atoms with E-state index >= 15 is 0 Å². The first kappa shape index (κ1) is 33.9. The molecule has 160 valence electrons. The van der Waals surface area contributed by atoms with Crippen LogP contribution in [0.3, 0.4) is 0 Å². The molecule has 0 aromatic rings. The van der Waals surface area contributed by atoms with E-state index in [-0.39, 0.29) is 50.7 Å². The zero-order valence-corrected chi connectivity index (χ0v) is 26.3. The molecule has 0 aromatic heterocycles. The van der Waals surface area contributed by atoms with Crippen LogP contribution >= 0.6 is 0 Å². The molecule has 0 radical (unpaired) electrons. The van der Waals surface area contributed by atoms with Gasteiger partial charge in [-0.05, 0) is 24.9 Å². The van der Waals surface area contributed by atoms with E-state index in [1.54, 1.807) is 0 Å². The van der Waals surface area contributed by atoms with Gasteiger partial charge in [-0.2, -0.15) is 12.2 Å². The Labute approximate surface area is 214 Å². The molecule has 2 rings (SSSR count). The van der Waals surface area contributed by atoms with Crippen LogP contribution in [0.25, 0.3) is 0 Å². The van der Waals surface area contributed by atoms with Crippen LogP contribution in [0.15, 0.2) is 59.8 Å². The fourth-order valence-electron chi connectivity index (χ4n) is 3.31. The van der Waals surface area contributed by atoms with E-state index < -0.39 is 16.1 Å². The monoisotopic (exact) mass is 632 g/mol. The molecule has 0 nitrogen and oxygen atoms in total. The third kappa shape index (κ3) is 18.8. The Balaban J connectivity index is -0.000000422. The maximum absolute atomic E-state index is 4.14. The van der Waals surface area contributed by atoms with E-state index in [0.717, 1.165) is 25.7 Å². The summed E-state index contributed by atoms with van der Waals surface area (Å²) in [6, 6.07) is 2.48. The van der Waals surface area contributed by atoms with E-state index in [9.17, 15) is 0 Å². The summed E-state index contributed by atoms with van der Waals surface area (Å²) in [6.07, 6.45) is 19.4. The van der Waals surface area contributed by atoms with E-state index in [0.29, 0.717) is 0 Å². The number of halogens is 2. The van der Waals surface area contributed by atoms with Crippen molar-refractivity contribution in [2.75, 3.05) is 0 Å². The van der Waals surface area contributed by atoms with Gasteiger partial charge in [0.2, 0.25) is 0 Å². The van der Waals surface area contributed by atoms with Gasteiger partial charge in [-0.3, -0.25) is 12.2 Å². The Bertz CT molecular complexity index is 574. The van der Waals surface area contributed by atoms with Crippen LogP contribution in [0, 0.1) is 12.2 Å². The molecule has 0 aliphatic heterocycles. The molecule has 0 amide bonds. The SMILES string of the molecule is C=C(CC1=[C-]CC=C1)C[Si](C)(C)C.C=C(CC1=[C-]CC=C1)C[Si](C)(C)C.[Cl-].[Cl-].[Hf+4]. The minimum absolute atomic E-state index is 0. The van der Waals surface area contributed by atoms with Crippen LogP contribution < -0.4 is 24.8 Å². The van der Waals surface area contributed by atoms with Crippen molar-refractivity contribution in [3.05, 3.63) is 71.9 Å². The third-order valence-electron chi connectivity index (χ3n) is 3.97. The average molecular weight is 632 g/mol. The minimum atomic E-state index is -0.957. The molecule has 5 heteroatoms. The van der Waals surface area contributed by atoms with Crippen LogP contribution in [-0.4, -0.2) is 16.1 Å². The van der Waals surface area contributed by atoms with Gasteiger partial charge in [0.05, 0.1) is 0 Å². The smallest absolute Gasteiger partial charge is 1.00 e. The van der Waals surface area contributed by atoms with E-state index in [1.807, 2.05) is 0 Å². The Morgan fingerprint density at radius 3 is 1.28 bits per heavy atom. The summed E-state index contributed by atoms with van der Waals surface area (Å²) in [5.74, 6) is 0. The molecule has 0 heterocycles. The van der Waals surface area contributed by atoms with Crippen molar-refractivity contribution < 1.29 is 50.7 Å². The van der Waals surface area contributed by atoms with Gasteiger partial charge in [0.15, 0.2) is 0 Å². The van der Waals surface area contributed by atoms with Crippen molar-refractivity contribution >= 4 is 16.1 Å². The second-order valence-corrected chi connectivity index (χ2v) is 20.9. The van der Waals surface area contributed by atoms with Crippen LogP contribution in [0.1, 0.15) is 25.7 Å². The second-order valence-electron chi connectivity index (χ2n) is 9.95. The van der Waals surface area contributed by atoms with Crippen molar-refractivity contribution in [3.63, 3.8) is 0 Å². The molecule has 0 aromatic carbocycles. The maximum Gasteiger partial charge on any atom is 4.00 e. The predicted octanol–water partition coefficient (Wildman–Crippen LogP) is 1.93. The first-order chi connectivity index (χ1) is 11.9. The van der Waals surface area contributed by atoms with Crippen LogP contribution in [0.2, 0.25) is 51.4 Å². The first-order valence-corrected chi connectivity index (χ1v) is 17.2. The van der Waals surface area contributed by atoms with Gasteiger partial charge in [-0.25, -0.2) is 23.3 Å². The summed E-state index contributed by atoms with van der Waals surface area (Å²) in [5.41, 5.74) is 5.44. The minimum Gasteiger partial charge on any atom is -1.00 e. The summed E-state index contributed by atoms with van der Waals surface area (Å²) < 4.78 is 0. The van der Waals surface area contributed by atoms with Crippen LogP contribution in [-0.2, 0) is 25.8 Å². The summed E-state index contributed by atoms with van der Waals surface area (Å²) in [6.45, 7) is 22.6. The first-order valence-electron chi connectivity index (χ1n) is 9.80. The Morgan fingerprint density at radius 1 is 0.759 bits per heavy atom. The molecular formula is C24H38Cl2HfSi2. The van der Waals surface area contributed by atoms with Gasteiger partial charge >= 0.3 is 25.8 Å². The summed E-state index contributed by atoms with van der Waals surface area (Å²) >= 11 is 0. The van der Waals surface area contributed by atoms with Gasteiger partial charge in [0.1, 0.15) is 0 Å². The van der Waals surface area contributed by atoms with Gasteiger partial charge in [0.25, 0.3) is 0 Å². The molecule has 0 spiro atoms. The quantitative estimate of drug-likeness (QED) is 0.218. The molecule has 0 saturated heterocycles. The molecular weight excluding hydrogens is 594 g/mol. The molecule has 29 heavy (non-hydrogen) atoms. The van der Waals surface area contributed by atoms with E-state index in [2.05, 4.69) is 88.9 Å². The fourth-order valence-corrected chi connectivity index (χ4v) is 6.56. The zero-order valence-electron chi connectivity index (χ0n) is 19.2. The van der Waals surface area contributed by atoms with Crippen molar-refractivity contribution in [2.24, 2.45) is 0 Å². The summed E-state index contributed by atoms with van der Waals surface area (Å²) in [4.78, 5) is 0. The number of hydrogen-bond donors (Lipinski definition) is 0. The molecule has 0 fully saturated rings. The van der Waals surface area contributed by atoms with E-state index in [4.69, 9.17) is 0 Å². The second kappa shape index (κ2) is 16.0.